The number of amides is 2. The molecule has 6 nitrogen and oxygen atoms in total. The zero-order valence-electron chi connectivity index (χ0n) is 13.4. The van der Waals surface area contributed by atoms with E-state index in [9.17, 15) is 9.59 Å². The Labute approximate surface area is 148 Å². The Kier molecular flexibility index (Phi) is 6.05. The summed E-state index contributed by atoms with van der Waals surface area (Å²) in [7, 11) is 2.94. The lowest BCUT2D eigenvalue weighted by Crippen LogP contribution is -2.32. The van der Waals surface area contributed by atoms with E-state index in [-0.39, 0.29) is 18.4 Å². The number of aryl methyl sites for hydroxylation is 1. The molecule has 1 heterocycles. The highest BCUT2D eigenvalue weighted by Gasteiger charge is 2.14. The first-order valence-corrected chi connectivity index (χ1v) is 8.20. The van der Waals surface area contributed by atoms with E-state index in [1.54, 1.807) is 18.2 Å². The molecule has 2 N–H and O–H groups in total. The number of carbonyl (C=O) groups is 2. The van der Waals surface area contributed by atoms with Gasteiger partial charge < -0.3 is 20.1 Å². The van der Waals surface area contributed by atoms with Gasteiger partial charge in [-0.05, 0) is 19.1 Å². The highest BCUT2D eigenvalue weighted by atomic mass is 35.5. The van der Waals surface area contributed by atoms with Crippen LogP contribution < -0.4 is 20.1 Å². The van der Waals surface area contributed by atoms with Gasteiger partial charge in [0.1, 0.15) is 11.5 Å². The van der Waals surface area contributed by atoms with Crippen molar-refractivity contribution in [2.24, 2.45) is 0 Å². The Morgan fingerprint density at radius 3 is 2.46 bits per heavy atom. The predicted octanol–water partition coefficient (Wildman–Crippen LogP) is 3.10. The van der Waals surface area contributed by atoms with E-state index in [4.69, 9.17) is 21.1 Å². The second kappa shape index (κ2) is 8.03. The molecular formula is C16H17ClN2O4S. The van der Waals surface area contributed by atoms with E-state index in [0.717, 1.165) is 4.88 Å². The average Bonchev–Trinajstić information content (AvgIpc) is 3.00. The molecular weight excluding hydrogens is 352 g/mol. The number of ether oxygens (including phenoxy) is 2. The van der Waals surface area contributed by atoms with Gasteiger partial charge in [-0.25, -0.2) is 0 Å². The van der Waals surface area contributed by atoms with Crippen LogP contribution in [-0.4, -0.2) is 32.6 Å². The van der Waals surface area contributed by atoms with Gasteiger partial charge >= 0.3 is 0 Å². The molecule has 0 saturated carbocycles. The molecule has 0 spiro atoms. The molecule has 0 aliphatic heterocycles. The number of thiophene rings is 1. The lowest BCUT2D eigenvalue weighted by atomic mass is 10.2. The van der Waals surface area contributed by atoms with Crippen molar-refractivity contribution in [3.63, 3.8) is 0 Å². The van der Waals surface area contributed by atoms with Crippen LogP contribution in [0.25, 0.3) is 0 Å². The third-order valence-electron chi connectivity index (χ3n) is 3.12. The third-order valence-corrected chi connectivity index (χ3v) is 4.42. The molecule has 2 amide bonds. The van der Waals surface area contributed by atoms with Crippen LogP contribution in [0.15, 0.2) is 24.3 Å². The molecule has 2 aromatic rings. The van der Waals surface area contributed by atoms with Crippen molar-refractivity contribution < 1.29 is 19.1 Å². The first-order valence-electron chi connectivity index (χ1n) is 7.00. The number of carbonyl (C=O) groups excluding carboxylic acids is 2. The summed E-state index contributed by atoms with van der Waals surface area (Å²) in [5, 5.41) is 5.60. The molecule has 0 radical (unpaired) electrons. The van der Waals surface area contributed by atoms with Gasteiger partial charge in [-0.2, -0.15) is 0 Å². The Morgan fingerprint density at radius 2 is 1.88 bits per heavy atom. The summed E-state index contributed by atoms with van der Waals surface area (Å²) in [6.07, 6.45) is 0. The Hall–Kier alpha value is -2.25. The van der Waals surface area contributed by atoms with Gasteiger partial charge in [-0.1, -0.05) is 11.6 Å². The van der Waals surface area contributed by atoms with Crippen LogP contribution in [0.1, 0.15) is 14.5 Å². The van der Waals surface area contributed by atoms with Crippen LogP contribution in [0.2, 0.25) is 5.02 Å². The van der Waals surface area contributed by atoms with Crippen LogP contribution >= 0.6 is 22.9 Å². The number of hydrogen-bond donors (Lipinski definition) is 2. The molecule has 0 aliphatic rings. The summed E-state index contributed by atoms with van der Waals surface area (Å²) in [6.45, 7) is 1.75. The minimum Gasteiger partial charge on any atom is -0.495 e. The molecule has 0 unspecified atom stereocenters. The van der Waals surface area contributed by atoms with Gasteiger partial charge in [0.25, 0.3) is 5.91 Å². The fourth-order valence-electron chi connectivity index (χ4n) is 1.96. The minimum atomic E-state index is -0.390. The molecule has 0 bridgehead atoms. The van der Waals surface area contributed by atoms with E-state index in [1.807, 2.05) is 13.0 Å². The predicted molar refractivity (Wildman–Crippen MR) is 94.6 cm³/mol. The van der Waals surface area contributed by atoms with Gasteiger partial charge in [0.2, 0.25) is 5.91 Å². The van der Waals surface area contributed by atoms with E-state index >= 15 is 0 Å². The van der Waals surface area contributed by atoms with Crippen molar-refractivity contribution in [2.75, 3.05) is 26.1 Å². The molecule has 0 saturated heterocycles. The zero-order valence-corrected chi connectivity index (χ0v) is 15.0. The second-order valence-electron chi connectivity index (χ2n) is 4.83. The van der Waals surface area contributed by atoms with Crippen molar-refractivity contribution >= 4 is 40.4 Å². The molecule has 24 heavy (non-hydrogen) atoms. The number of anilines is 1. The van der Waals surface area contributed by atoms with Crippen LogP contribution in [0.3, 0.4) is 0 Å². The fourth-order valence-corrected chi connectivity index (χ4v) is 2.97. The van der Waals surface area contributed by atoms with Crippen molar-refractivity contribution in [3.8, 4) is 11.5 Å². The molecule has 2 rings (SSSR count). The maximum Gasteiger partial charge on any atom is 0.261 e. The summed E-state index contributed by atoms with van der Waals surface area (Å²) in [5.74, 6) is 0.128. The van der Waals surface area contributed by atoms with Crippen LogP contribution in [0, 0.1) is 6.92 Å². The SMILES string of the molecule is COc1cc(NC(=O)CNC(=O)c2ccc(C)s2)c(OC)cc1Cl. The van der Waals surface area contributed by atoms with Gasteiger partial charge in [0.05, 0.1) is 36.4 Å². The number of benzene rings is 1. The maximum atomic E-state index is 12.1. The summed E-state index contributed by atoms with van der Waals surface area (Å²) in [5.41, 5.74) is 0.407. The maximum absolute atomic E-state index is 12.1. The topological polar surface area (TPSA) is 76.7 Å². The normalized spacial score (nSPS) is 10.2. The lowest BCUT2D eigenvalue weighted by molar-refractivity contribution is -0.115. The monoisotopic (exact) mass is 368 g/mol. The molecule has 8 heteroatoms. The first-order chi connectivity index (χ1) is 11.4. The second-order valence-corrected chi connectivity index (χ2v) is 6.52. The summed E-state index contributed by atoms with van der Waals surface area (Å²) >= 11 is 7.38. The van der Waals surface area contributed by atoms with Gasteiger partial charge in [0.15, 0.2) is 0 Å². The summed E-state index contributed by atoms with van der Waals surface area (Å²) in [4.78, 5) is 25.6. The average molecular weight is 369 g/mol. The largest absolute Gasteiger partial charge is 0.495 e. The van der Waals surface area contributed by atoms with Crippen molar-refractivity contribution in [1.82, 2.24) is 5.32 Å². The van der Waals surface area contributed by atoms with Crippen LogP contribution in [0.5, 0.6) is 11.5 Å². The highest BCUT2D eigenvalue weighted by Crippen LogP contribution is 2.35. The number of methoxy groups -OCH3 is 2. The number of rotatable bonds is 6. The van der Waals surface area contributed by atoms with Crippen molar-refractivity contribution in [2.45, 2.75) is 6.92 Å². The van der Waals surface area contributed by atoms with Gasteiger partial charge in [0, 0.05) is 17.0 Å². The van der Waals surface area contributed by atoms with E-state index in [2.05, 4.69) is 10.6 Å². The Morgan fingerprint density at radius 1 is 1.17 bits per heavy atom. The number of halogens is 1. The van der Waals surface area contributed by atoms with Crippen LogP contribution in [-0.2, 0) is 4.79 Å². The number of nitrogens with one attached hydrogen (secondary N) is 2. The van der Waals surface area contributed by atoms with Gasteiger partial charge in [-0.15, -0.1) is 11.3 Å². The Bertz CT molecular complexity index is 761. The van der Waals surface area contributed by atoms with E-state index in [0.29, 0.717) is 27.1 Å². The van der Waals surface area contributed by atoms with Crippen LogP contribution in [0.4, 0.5) is 5.69 Å². The quantitative estimate of drug-likeness (QED) is 0.821. The van der Waals surface area contributed by atoms with Gasteiger partial charge in [-0.3, -0.25) is 9.59 Å². The zero-order chi connectivity index (χ0) is 17.7. The van der Waals surface area contributed by atoms with Crippen molar-refractivity contribution in [3.05, 3.63) is 39.0 Å². The molecule has 0 aliphatic carbocycles. The van der Waals surface area contributed by atoms with E-state index < -0.39 is 0 Å². The molecule has 0 fully saturated rings. The Balaban J connectivity index is 2.00. The minimum absolute atomic E-state index is 0.163. The fraction of sp³-hybridized carbons (Fsp3) is 0.250. The molecule has 1 aromatic heterocycles. The summed E-state index contributed by atoms with van der Waals surface area (Å²) < 4.78 is 10.3. The number of hydrogen-bond acceptors (Lipinski definition) is 5. The summed E-state index contributed by atoms with van der Waals surface area (Å²) in [6, 6.07) is 6.68. The molecule has 128 valence electrons. The standard InChI is InChI=1S/C16H17ClN2O4S/c1-9-4-5-14(24-9)16(21)18-8-15(20)19-11-7-12(22-2)10(17)6-13(11)23-3/h4-7H,8H2,1-3H3,(H,18,21)(H,19,20). The lowest BCUT2D eigenvalue weighted by Gasteiger charge is -2.13. The smallest absolute Gasteiger partial charge is 0.261 e. The molecule has 0 atom stereocenters. The first kappa shape index (κ1) is 18.1. The third kappa shape index (κ3) is 4.39. The highest BCUT2D eigenvalue weighted by molar-refractivity contribution is 7.13. The molecule has 1 aromatic carbocycles. The van der Waals surface area contributed by atoms with E-state index in [1.165, 1.54) is 25.6 Å². The van der Waals surface area contributed by atoms with Crippen molar-refractivity contribution in [1.29, 1.82) is 0 Å².